The lowest BCUT2D eigenvalue weighted by molar-refractivity contribution is -0.143. The normalized spacial score (nSPS) is 14.3. The lowest BCUT2D eigenvalue weighted by Crippen LogP contribution is -2.50. The molecule has 0 heterocycles. The zero-order valence-electron chi connectivity index (χ0n) is 14.0. The number of carbonyl (C=O) groups is 3. The second kappa shape index (κ2) is 9.67. The number of carbonyl (C=O) groups excluding carboxylic acids is 2. The first kappa shape index (κ1) is 19.6. The Kier molecular flexibility index (Phi) is 7.91. The van der Waals surface area contributed by atoms with Gasteiger partial charge in [-0.2, -0.15) is 0 Å². The van der Waals surface area contributed by atoms with E-state index in [-0.39, 0.29) is 12.5 Å². The van der Waals surface area contributed by atoms with Gasteiger partial charge in [0.25, 0.3) is 0 Å². The van der Waals surface area contributed by atoms with Crippen molar-refractivity contribution in [3.05, 3.63) is 35.9 Å². The van der Waals surface area contributed by atoms with Gasteiger partial charge in [-0.25, -0.2) is 4.79 Å². The standard InChI is InChI=1S/C17H25N3O4/c1-3-11(2)15(17(23)24)20-14(21)10-19-16(22)13(18)9-12-7-5-4-6-8-12/h4-8,11,13,15H,3,9-10,18H2,1-2H3,(H,19,22)(H,20,21)(H,23,24)/t11-,13-,15-/m0/s1. The molecule has 7 nitrogen and oxygen atoms in total. The van der Waals surface area contributed by atoms with Crippen LogP contribution < -0.4 is 16.4 Å². The van der Waals surface area contributed by atoms with Crippen LogP contribution in [0.1, 0.15) is 25.8 Å². The molecule has 0 spiro atoms. The van der Waals surface area contributed by atoms with Crippen LogP contribution in [0.4, 0.5) is 0 Å². The van der Waals surface area contributed by atoms with Gasteiger partial charge in [0, 0.05) is 0 Å². The van der Waals surface area contributed by atoms with Crippen LogP contribution in [0.3, 0.4) is 0 Å². The Morgan fingerprint density at radius 1 is 1.21 bits per heavy atom. The van der Waals surface area contributed by atoms with Crippen molar-refractivity contribution in [2.75, 3.05) is 6.54 Å². The summed E-state index contributed by atoms with van der Waals surface area (Å²) in [6, 6.07) is 7.56. The minimum Gasteiger partial charge on any atom is -0.480 e. The summed E-state index contributed by atoms with van der Waals surface area (Å²) in [4.78, 5) is 34.9. The zero-order valence-corrected chi connectivity index (χ0v) is 14.0. The van der Waals surface area contributed by atoms with Crippen molar-refractivity contribution >= 4 is 17.8 Å². The summed E-state index contributed by atoms with van der Waals surface area (Å²) >= 11 is 0. The van der Waals surface area contributed by atoms with Crippen LogP contribution in [0.2, 0.25) is 0 Å². The van der Waals surface area contributed by atoms with Crippen molar-refractivity contribution in [1.29, 1.82) is 0 Å². The van der Waals surface area contributed by atoms with Crippen molar-refractivity contribution in [3.8, 4) is 0 Å². The maximum absolute atomic E-state index is 11.9. The molecule has 0 aromatic heterocycles. The molecule has 24 heavy (non-hydrogen) atoms. The molecule has 132 valence electrons. The predicted octanol–water partition coefficient (Wildman–Crippen LogP) is 0.288. The van der Waals surface area contributed by atoms with Gasteiger partial charge in [0.05, 0.1) is 12.6 Å². The van der Waals surface area contributed by atoms with Gasteiger partial charge in [-0.1, -0.05) is 50.6 Å². The number of carboxylic acids is 1. The van der Waals surface area contributed by atoms with E-state index >= 15 is 0 Å². The van der Waals surface area contributed by atoms with Crippen LogP contribution in [0.15, 0.2) is 30.3 Å². The molecule has 0 aliphatic heterocycles. The topological polar surface area (TPSA) is 122 Å². The number of nitrogens with one attached hydrogen (secondary N) is 2. The van der Waals surface area contributed by atoms with Gasteiger partial charge in [0.2, 0.25) is 11.8 Å². The van der Waals surface area contributed by atoms with Crippen molar-refractivity contribution in [2.45, 2.75) is 38.8 Å². The summed E-state index contributed by atoms with van der Waals surface area (Å²) in [5.41, 5.74) is 6.74. The summed E-state index contributed by atoms with van der Waals surface area (Å²) in [7, 11) is 0. The van der Waals surface area contributed by atoms with E-state index in [1.54, 1.807) is 6.92 Å². The smallest absolute Gasteiger partial charge is 0.326 e. The molecule has 1 aromatic rings. The number of benzene rings is 1. The number of carboxylic acid groups (broad SMARTS) is 1. The Hall–Kier alpha value is -2.41. The molecular formula is C17H25N3O4. The summed E-state index contributed by atoms with van der Waals surface area (Å²) < 4.78 is 0. The number of rotatable bonds is 9. The molecule has 0 saturated carbocycles. The van der Waals surface area contributed by atoms with Crippen LogP contribution in [-0.4, -0.2) is 41.5 Å². The fraction of sp³-hybridized carbons (Fsp3) is 0.471. The molecule has 0 aliphatic rings. The number of hydrogen-bond acceptors (Lipinski definition) is 4. The minimum atomic E-state index is -1.09. The molecule has 2 amide bonds. The predicted molar refractivity (Wildman–Crippen MR) is 90.2 cm³/mol. The number of nitrogens with two attached hydrogens (primary N) is 1. The van der Waals surface area contributed by atoms with Gasteiger partial charge < -0.3 is 21.5 Å². The second-order valence-corrected chi connectivity index (χ2v) is 5.78. The van der Waals surface area contributed by atoms with Crippen molar-refractivity contribution in [3.63, 3.8) is 0 Å². The van der Waals surface area contributed by atoms with E-state index in [0.717, 1.165) is 5.56 Å². The molecule has 0 fully saturated rings. The Morgan fingerprint density at radius 3 is 2.38 bits per heavy atom. The highest BCUT2D eigenvalue weighted by molar-refractivity contribution is 5.89. The number of hydrogen-bond donors (Lipinski definition) is 4. The van der Waals surface area contributed by atoms with Crippen LogP contribution in [0.25, 0.3) is 0 Å². The lowest BCUT2D eigenvalue weighted by atomic mass is 9.99. The van der Waals surface area contributed by atoms with Gasteiger partial charge in [0.1, 0.15) is 6.04 Å². The van der Waals surface area contributed by atoms with Gasteiger partial charge in [-0.05, 0) is 17.9 Å². The van der Waals surface area contributed by atoms with Crippen LogP contribution in [0, 0.1) is 5.92 Å². The van der Waals surface area contributed by atoms with E-state index in [0.29, 0.717) is 12.8 Å². The fourth-order valence-electron chi connectivity index (χ4n) is 2.17. The first-order valence-corrected chi connectivity index (χ1v) is 7.94. The minimum absolute atomic E-state index is 0.206. The molecule has 0 aliphatic carbocycles. The number of aliphatic carboxylic acids is 1. The first-order chi connectivity index (χ1) is 11.3. The van der Waals surface area contributed by atoms with Crippen LogP contribution in [0.5, 0.6) is 0 Å². The molecule has 0 unspecified atom stereocenters. The Balaban J connectivity index is 2.45. The van der Waals surface area contributed by atoms with Crippen molar-refractivity contribution in [2.24, 2.45) is 11.7 Å². The Labute approximate surface area is 141 Å². The molecule has 5 N–H and O–H groups in total. The molecular weight excluding hydrogens is 310 g/mol. The van der Waals surface area contributed by atoms with Gasteiger partial charge >= 0.3 is 5.97 Å². The SMILES string of the molecule is CC[C@H](C)[C@H](NC(=O)CNC(=O)[C@@H](N)Cc1ccccc1)C(=O)O. The van der Waals surface area contributed by atoms with E-state index < -0.39 is 29.9 Å². The zero-order chi connectivity index (χ0) is 18.1. The van der Waals surface area contributed by atoms with Gasteiger partial charge in [-0.3, -0.25) is 9.59 Å². The highest BCUT2D eigenvalue weighted by atomic mass is 16.4. The Morgan fingerprint density at radius 2 is 1.83 bits per heavy atom. The van der Waals surface area contributed by atoms with Crippen LogP contribution in [-0.2, 0) is 20.8 Å². The monoisotopic (exact) mass is 335 g/mol. The molecule has 0 saturated heterocycles. The van der Waals surface area contributed by atoms with E-state index in [1.807, 2.05) is 37.3 Å². The van der Waals surface area contributed by atoms with E-state index in [1.165, 1.54) is 0 Å². The molecule has 7 heteroatoms. The maximum atomic E-state index is 11.9. The van der Waals surface area contributed by atoms with Crippen LogP contribution >= 0.6 is 0 Å². The first-order valence-electron chi connectivity index (χ1n) is 7.94. The number of amides is 2. The second-order valence-electron chi connectivity index (χ2n) is 5.78. The molecule has 3 atom stereocenters. The third kappa shape index (κ3) is 6.37. The highest BCUT2D eigenvalue weighted by Crippen LogP contribution is 2.07. The lowest BCUT2D eigenvalue weighted by Gasteiger charge is -2.20. The third-order valence-corrected chi connectivity index (χ3v) is 3.85. The van der Waals surface area contributed by atoms with E-state index in [4.69, 9.17) is 10.8 Å². The average Bonchev–Trinajstić information content (AvgIpc) is 2.57. The van der Waals surface area contributed by atoms with Crippen molar-refractivity contribution < 1.29 is 19.5 Å². The molecule has 1 aromatic carbocycles. The van der Waals surface area contributed by atoms with E-state index in [9.17, 15) is 14.4 Å². The summed E-state index contributed by atoms with van der Waals surface area (Å²) in [5.74, 6) is -2.31. The third-order valence-electron chi connectivity index (χ3n) is 3.85. The quantitative estimate of drug-likeness (QED) is 0.517. The Bertz CT molecular complexity index is 562. The fourth-order valence-corrected chi connectivity index (χ4v) is 2.17. The largest absolute Gasteiger partial charge is 0.480 e. The van der Waals surface area contributed by atoms with Gasteiger partial charge in [0.15, 0.2) is 0 Å². The maximum Gasteiger partial charge on any atom is 0.326 e. The summed E-state index contributed by atoms with van der Waals surface area (Å²) in [6.45, 7) is 3.28. The van der Waals surface area contributed by atoms with E-state index in [2.05, 4.69) is 10.6 Å². The van der Waals surface area contributed by atoms with Gasteiger partial charge in [-0.15, -0.1) is 0 Å². The summed E-state index contributed by atoms with van der Waals surface area (Å²) in [6.07, 6.45) is 0.977. The highest BCUT2D eigenvalue weighted by Gasteiger charge is 2.25. The molecule has 0 bridgehead atoms. The average molecular weight is 335 g/mol. The molecule has 0 radical (unpaired) electrons. The van der Waals surface area contributed by atoms with Crippen molar-refractivity contribution in [1.82, 2.24) is 10.6 Å². The summed E-state index contributed by atoms with van der Waals surface area (Å²) in [5, 5.41) is 14.0. The molecule has 1 rings (SSSR count).